The number of hydrogen-bond acceptors (Lipinski definition) is 3. The highest BCUT2D eigenvalue weighted by Gasteiger charge is 2.05. The standard InChI is InChI=1S/C13H12BrNOS/c14-13-7-6-12(17-13)8-11(16)9-15-10-4-2-1-3-5-10/h1-7,15H,8-9H2. The van der Waals surface area contributed by atoms with Crippen LogP contribution in [0.1, 0.15) is 4.88 Å². The summed E-state index contributed by atoms with van der Waals surface area (Å²) < 4.78 is 1.07. The third kappa shape index (κ3) is 3.98. The summed E-state index contributed by atoms with van der Waals surface area (Å²) in [7, 11) is 0. The van der Waals surface area contributed by atoms with E-state index in [4.69, 9.17) is 0 Å². The minimum atomic E-state index is 0.197. The van der Waals surface area contributed by atoms with E-state index in [0.29, 0.717) is 13.0 Å². The number of anilines is 1. The predicted molar refractivity (Wildman–Crippen MR) is 75.7 cm³/mol. The van der Waals surface area contributed by atoms with Crippen molar-refractivity contribution in [2.24, 2.45) is 0 Å². The number of nitrogens with one attached hydrogen (secondary N) is 1. The number of carbonyl (C=O) groups is 1. The second kappa shape index (κ2) is 5.98. The lowest BCUT2D eigenvalue weighted by Crippen LogP contribution is -2.15. The number of halogens is 1. The van der Waals surface area contributed by atoms with Gasteiger partial charge < -0.3 is 5.32 Å². The second-order valence-electron chi connectivity index (χ2n) is 3.64. The number of carbonyl (C=O) groups excluding carboxylic acids is 1. The molecule has 17 heavy (non-hydrogen) atoms. The van der Waals surface area contributed by atoms with Crippen molar-refractivity contribution in [2.75, 3.05) is 11.9 Å². The third-order valence-electron chi connectivity index (χ3n) is 2.26. The van der Waals surface area contributed by atoms with Crippen molar-refractivity contribution < 1.29 is 4.79 Å². The molecule has 1 N–H and O–H groups in total. The number of rotatable bonds is 5. The van der Waals surface area contributed by atoms with Gasteiger partial charge in [0.2, 0.25) is 0 Å². The van der Waals surface area contributed by atoms with Crippen molar-refractivity contribution in [3.63, 3.8) is 0 Å². The molecule has 2 aromatic rings. The Hall–Kier alpha value is -1.13. The first-order valence-electron chi connectivity index (χ1n) is 5.29. The van der Waals surface area contributed by atoms with Crippen LogP contribution in [-0.2, 0) is 11.2 Å². The zero-order valence-corrected chi connectivity index (χ0v) is 11.6. The molecule has 0 radical (unpaired) electrons. The molecule has 1 aromatic carbocycles. The van der Waals surface area contributed by atoms with Gasteiger partial charge in [0.1, 0.15) is 0 Å². The van der Waals surface area contributed by atoms with E-state index in [2.05, 4.69) is 21.2 Å². The Morgan fingerprint density at radius 1 is 1.18 bits per heavy atom. The molecule has 0 atom stereocenters. The molecular formula is C13H12BrNOS. The summed E-state index contributed by atoms with van der Waals surface area (Å²) in [5.41, 5.74) is 0.980. The molecule has 0 fully saturated rings. The molecule has 0 bridgehead atoms. The fraction of sp³-hybridized carbons (Fsp3) is 0.154. The van der Waals surface area contributed by atoms with E-state index in [1.54, 1.807) is 11.3 Å². The van der Waals surface area contributed by atoms with Crippen LogP contribution in [0.15, 0.2) is 46.3 Å². The van der Waals surface area contributed by atoms with E-state index in [1.807, 2.05) is 42.5 Å². The van der Waals surface area contributed by atoms with E-state index < -0.39 is 0 Å². The van der Waals surface area contributed by atoms with Crippen molar-refractivity contribution in [1.29, 1.82) is 0 Å². The van der Waals surface area contributed by atoms with E-state index in [-0.39, 0.29) is 5.78 Å². The van der Waals surface area contributed by atoms with Gasteiger partial charge in [-0.15, -0.1) is 11.3 Å². The van der Waals surface area contributed by atoms with Gasteiger partial charge in [0.05, 0.1) is 10.3 Å². The first-order valence-corrected chi connectivity index (χ1v) is 6.90. The summed E-state index contributed by atoms with van der Waals surface area (Å²) in [6, 6.07) is 13.7. The monoisotopic (exact) mass is 309 g/mol. The Labute approximate surface area is 113 Å². The number of para-hydroxylation sites is 1. The lowest BCUT2D eigenvalue weighted by molar-refractivity contribution is -0.116. The molecule has 0 aliphatic heterocycles. The van der Waals surface area contributed by atoms with Gasteiger partial charge in [-0.3, -0.25) is 4.79 Å². The molecule has 0 spiro atoms. The maximum Gasteiger partial charge on any atom is 0.157 e. The molecule has 0 aliphatic rings. The average Bonchev–Trinajstić information content (AvgIpc) is 2.73. The van der Waals surface area contributed by atoms with E-state index in [0.717, 1.165) is 14.4 Å². The average molecular weight is 310 g/mol. The first-order chi connectivity index (χ1) is 8.24. The molecule has 0 unspecified atom stereocenters. The molecular weight excluding hydrogens is 298 g/mol. The zero-order valence-electron chi connectivity index (χ0n) is 9.15. The molecule has 4 heteroatoms. The normalized spacial score (nSPS) is 10.2. The van der Waals surface area contributed by atoms with Gasteiger partial charge in [-0.05, 0) is 40.2 Å². The number of thiophene rings is 1. The highest BCUT2D eigenvalue weighted by molar-refractivity contribution is 9.11. The molecule has 2 nitrogen and oxygen atoms in total. The van der Waals surface area contributed by atoms with Crippen LogP contribution in [0.2, 0.25) is 0 Å². The highest BCUT2D eigenvalue weighted by atomic mass is 79.9. The van der Waals surface area contributed by atoms with E-state index in [9.17, 15) is 4.79 Å². The van der Waals surface area contributed by atoms with Crippen LogP contribution in [0.3, 0.4) is 0 Å². The number of hydrogen-bond donors (Lipinski definition) is 1. The molecule has 0 saturated heterocycles. The van der Waals surface area contributed by atoms with Gasteiger partial charge in [-0.25, -0.2) is 0 Å². The summed E-state index contributed by atoms with van der Waals surface area (Å²) in [5.74, 6) is 0.197. The van der Waals surface area contributed by atoms with E-state index in [1.165, 1.54) is 0 Å². The van der Waals surface area contributed by atoms with Gasteiger partial charge in [-0.1, -0.05) is 18.2 Å². The van der Waals surface area contributed by atoms with Crippen LogP contribution in [0.5, 0.6) is 0 Å². The minimum absolute atomic E-state index is 0.197. The smallest absolute Gasteiger partial charge is 0.157 e. The SMILES string of the molecule is O=C(CNc1ccccc1)Cc1ccc(Br)s1. The van der Waals surface area contributed by atoms with Crippen molar-refractivity contribution in [1.82, 2.24) is 0 Å². The molecule has 0 saturated carbocycles. The van der Waals surface area contributed by atoms with Gasteiger partial charge in [-0.2, -0.15) is 0 Å². The van der Waals surface area contributed by atoms with Crippen LogP contribution >= 0.6 is 27.3 Å². The van der Waals surface area contributed by atoms with Crippen molar-refractivity contribution in [3.05, 3.63) is 51.1 Å². The number of Topliss-reactive ketones (excluding diaryl/α,β-unsaturated/α-hetero) is 1. The highest BCUT2D eigenvalue weighted by Crippen LogP contribution is 2.22. The quantitative estimate of drug-likeness (QED) is 0.911. The summed E-state index contributed by atoms with van der Waals surface area (Å²) >= 11 is 5.00. The van der Waals surface area contributed by atoms with Gasteiger partial charge >= 0.3 is 0 Å². The molecule has 2 rings (SSSR count). The molecule has 0 aliphatic carbocycles. The van der Waals surface area contributed by atoms with Crippen molar-refractivity contribution in [3.8, 4) is 0 Å². The first kappa shape index (κ1) is 12.3. The molecule has 1 heterocycles. The van der Waals surface area contributed by atoms with Crippen LogP contribution < -0.4 is 5.32 Å². The molecule has 1 aromatic heterocycles. The summed E-state index contributed by atoms with van der Waals surface area (Å²) in [4.78, 5) is 12.8. The van der Waals surface area contributed by atoms with Crippen LogP contribution in [0.4, 0.5) is 5.69 Å². The fourth-order valence-corrected chi connectivity index (χ4v) is 2.97. The Kier molecular flexibility index (Phi) is 4.34. The fourth-order valence-electron chi connectivity index (χ4n) is 1.46. The Bertz CT molecular complexity index is 495. The van der Waals surface area contributed by atoms with Crippen molar-refractivity contribution in [2.45, 2.75) is 6.42 Å². The van der Waals surface area contributed by atoms with Crippen LogP contribution in [0, 0.1) is 0 Å². The van der Waals surface area contributed by atoms with Crippen LogP contribution in [-0.4, -0.2) is 12.3 Å². The maximum absolute atomic E-state index is 11.7. The topological polar surface area (TPSA) is 29.1 Å². The maximum atomic E-state index is 11.7. The van der Waals surface area contributed by atoms with Gasteiger partial charge in [0, 0.05) is 17.0 Å². The second-order valence-corrected chi connectivity index (χ2v) is 6.19. The molecule has 88 valence electrons. The zero-order chi connectivity index (χ0) is 12.1. The lowest BCUT2D eigenvalue weighted by atomic mass is 10.2. The summed E-state index contributed by atoms with van der Waals surface area (Å²) in [6.45, 7) is 0.375. The Balaban J connectivity index is 1.82. The number of benzene rings is 1. The summed E-state index contributed by atoms with van der Waals surface area (Å²) in [6.07, 6.45) is 0.496. The molecule has 0 amide bonds. The van der Waals surface area contributed by atoms with Gasteiger partial charge in [0.25, 0.3) is 0 Å². The minimum Gasteiger partial charge on any atom is -0.378 e. The van der Waals surface area contributed by atoms with E-state index >= 15 is 0 Å². The van der Waals surface area contributed by atoms with Gasteiger partial charge in [0.15, 0.2) is 5.78 Å². The van der Waals surface area contributed by atoms with Crippen molar-refractivity contribution >= 4 is 38.7 Å². The Morgan fingerprint density at radius 3 is 2.59 bits per heavy atom. The lowest BCUT2D eigenvalue weighted by Gasteiger charge is -2.04. The number of ketones is 1. The largest absolute Gasteiger partial charge is 0.378 e. The Morgan fingerprint density at radius 2 is 1.94 bits per heavy atom. The summed E-state index contributed by atoms with van der Waals surface area (Å²) in [5, 5.41) is 3.11. The predicted octanol–water partition coefficient (Wildman–Crippen LogP) is 3.73. The van der Waals surface area contributed by atoms with Crippen LogP contribution in [0.25, 0.3) is 0 Å². The third-order valence-corrected chi connectivity index (χ3v) is 3.89.